The first-order valence-corrected chi connectivity index (χ1v) is 9.55. The molecular weight excluding hydrogens is 324 g/mol. The Morgan fingerprint density at radius 2 is 1.92 bits per heavy atom. The smallest absolute Gasteiger partial charge is 0.243 e. The summed E-state index contributed by atoms with van der Waals surface area (Å²) in [6.07, 6.45) is 4.28. The maximum absolute atomic E-state index is 13.1. The molecule has 1 aliphatic rings. The number of benzene rings is 1. The SMILES string of the molecule is COc1ncccc1[C@@H]1CCCCN1S(=O)(=O)c1ccc(C)cc1. The Morgan fingerprint density at radius 3 is 2.62 bits per heavy atom. The van der Waals surface area contributed by atoms with E-state index in [-0.39, 0.29) is 6.04 Å². The highest BCUT2D eigenvalue weighted by Gasteiger charge is 2.35. The van der Waals surface area contributed by atoms with Crippen LogP contribution in [0.3, 0.4) is 0 Å². The maximum Gasteiger partial charge on any atom is 0.243 e. The number of aromatic nitrogens is 1. The predicted octanol–water partition coefficient (Wildman–Crippen LogP) is 3.31. The fourth-order valence-electron chi connectivity index (χ4n) is 3.18. The minimum atomic E-state index is -3.55. The van der Waals surface area contributed by atoms with E-state index in [4.69, 9.17) is 4.74 Å². The molecule has 0 saturated carbocycles. The number of rotatable bonds is 4. The van der Waals surface area contributed by atoms with Gasteiger partial charge in [0.25, 0.3) is 0 Å². The number of sulfonamides is 1. The van der Waals surface area contributed by atoms with Gasteiger partial charge in [0.05, 0.1) is 18.0 Å². The molecule has 6 heteroatoms. The highest BCUT2D eigenvalue weighted by Crippen LogP contribution is 2.38. The number of piperidine rings is 1. The summed E-state index contributed by atoms with van der Waals surface area (Å²) in [6.45, 7) is 2.46. The van der Waals surface area contributed by atoms with E-state index in [0.29, 0.717) is 17.3 Å². The Kier molecular flexibility index (Phi) is 4.87. The van der Waals surface area contributed by atoms with Gasteiger partial charge in [0.15, 0.2) is 0 Å². The van der Waals surface area contributed by atoms with Gasteiger partial charge in [-0.3, -0.25) is 0 Å². The Bertz CT molecular complexity index is 803. The van der Waals surface area contributed by atoms with Crippen molar-refractivity contribution in [3.05, 3.63) is 53.7 Å². The van der Waals surface area contributed by atoms with Crippen molar-refractivity contribution < 1.29 is 13.2 Å². The number of aryl methyl sites for hydroxylation is 1. The third-order valence-corrected chi connectivity index (χ3v) is 6.36. The first-order valence-electron chi connectivity index (χ1n) is 8.11. The van der Waals surface area contributed by atoms with E-state index in [9.17, 15) is 8.42 Å². The molecule has 1 aromatic carbocycles. The zero-order valence-electron chi connectivity index (χ0n) is 14.0. The summed E-state index contributed by atoms with van der Waals surface area (Å²) in [7, 11) is -1.99. The minimum absolute atomic E-state index is 0.242. The maximum atomic E-state index is 13.1. The molecule has 1 aliphatic heterocycles. The summed E-state index contributed by atoms with van der Waals surface area (Å²) >= 11 is 0. The van der Waals surface area contributed by atoms with Crippen molar-refractivity contribution in [3.63, 3.8) is 0 Å². The average molecular weight is 346 g/mol. The van der Waals surface area contributed by atoms with E-state index in [1.165, 1.54) is 0 Å². The van der Waals surface area contributed by atoms with E-state index in [1.807, 2.05) is 31.2 Å². The first kappa shape index (κ1) is 16.9. The minimum Gasteiger partial charge on any atom is -0.481 e. The molecule has 2 aromatic rings. The van der Waals surface area contributed by atoms with Crippen molar-refractivity contribution in [2.24, 2.45) is 0 Å². The second kappa shape index (κ2) is 6.91. The molecule has 0 amide bonds. The van der Waals surface area contributed by atoms with E-state index in [0.717, 1.165) is 30.4 Å². The van der Waals surface area contributed by atoms with Crippen molar-refractivity contribution in [2.45, 2.75) is 37.1 Å². The molecule has 3 rings (SSSR count). The Balaban J connectivity index is 2.02. The lowest BCUT2D eigenvalue weighted by Crippen LogP contribution is -2.38. The molecule has 24 heavy (non-hydrogen) atoms. The summed E-state index contributed by atoms with van der Waals surface area (Å²) in [6, 6.07) is 10.5. The fraction of sp³-hybridized carbons (Fsp3) is 0.389. The van der Waals surface area contributed by atoms with Gasteiger partial charge in [-0.25, -0.2) is 13.4 Å². The molecule has 2 heterocycles. The van der Waals surface area contributed by atoms with Gasteiger partial charge >= 0.3 is 0 Å². The van der Waals surface area contributed by atoms with Gasteiger partial charge in [-0.2, -0.15) is 4.31 Å². The second-order valence-electron chi connectivity index (χ2n) is 6.04. The van der Waals surface area contributed by atoms with Gasteiger partial charge < -0.3 is 4.74 Å². The van der Waals surface area contributed by atoms with Crippen molar-refractivity contribution in [1.29, 1.82) is 0 Å². The van der Waals surface area contributed by atoms with Crippen molar-refractivity contribution >= 4 is 10.0 Å². The summed E-state index contributed by atoms with van der Waals surface area (Å²) < 4.78 is 33.2. The first-order chi connectivity index (χ1) is 11.5. The van der Waals surface area contributed by atoms with Crippen LogP contribution >= 0.6 is 0 Å². The van der Waals surface area contributed by atoms with Gasteiger partial charge in [0, 0.05) is 18.3 Å². The molecule has 1 fully saturated rings. The number of nitrogens with zero attached hydrogens (tertiary/aromatic N) is 2. The van der Waals surface area contributed by atoms with E-state index in [2.05, 4.69) is 4.98 Å². The lowest BCUT2D eigenvalue weighted by atomic mass is 9.98. The molecule has 1 saturated heterocycles. The summed E-state index contributed by atoms with van der Waals surface area (Å²) in [5.41, 5.74) is 1.87. The van der Waals surface area contributed by atoms with Crippen molar-refractivity contribution in [1.82, 2.24) is 9.29 Å². The highest BCUT2D eigenvalue weighted by atomic mass is 32.2. The van der Waals surface area contributed by atoms with Crippen molar-refractivity contribution in [2.75, 3.05) is 13.7 Å². The molecule has 1 atom stereocenters. The van der Waals surface area contributed by atoms with Gasteiger partial charge in [-0.15, -0.1) is 0 Å². The molecule has 0 N–H and O–H groups in total. The summed E-state index contributed by atoms with van der Waals surface area (Å²) in [4.78, 5) is 4.57. The van der Waals surface area contributed by atoms with E-state index < -0.39 is 10.0 Å². The quantitative estimate of drug-likeness (QED) is 0.852. The van der Waals surface area contributed by atoms with Crippen LogP contribution in [0.4, 0.5) is 0 Å². The molecule has 1 aromatic heterocycles. The number of hydrogen-bond acceptors (Lipinski definition) is 4. The molecular formula is C18H22N2O3S. The van der Waals surface area contributed by atoms with Crippen LogP contribution in [0.5, 0.6) is 5.88 Å². The molecule has 5 nitrogen and oxygen atoms in total. The summed E-state index contributed by atoms with van der Waals surface area (Å²) in [5, 5.41) is 0. The zero-order chi connectivity index (χ0) is 17.2. The number of pyridine rings is 1. The average Bonchev–Trinajstić information content (AvgIpc) is 2.62. The fourth-order valence-corrected chi connectivity index (χ4v) is 4.85. The summed E-state index contributed by atoms with van der Waals surface area (Å²) in [5.74, 6) is 0.494. The molecule has 0 unspecified atom stereocenters. The Hall–Kier alpha value is -1.92. The molecule has 0 bridgehead atoms. The van der Waals surface area contributed by atoms with Gasteiger partial charge in [-0.1, -0.05) is 30.2 Å². The Labute approximate surface area is 143 Å². The van der Waals surface area contributed by atoms with Crippen LogP contribution in [0.2, 0.25) is 0 Å². The van der Waals surface area contributed by atoms with Crippen LogP contribution < -0.4 is 4.74 Å². The number of methoxy groups -OCH3 is 1. The number of ether oxygens (including phenoxy) is 1. The van der Waals surface area contributed by atoms with E-state index in [1.54, 1.807) is 29.7 Å². The lowest BCUT2D eigenvalue weighted by Gasteiger charge is -2.35. The van der Waals surface area contributed by atoms with Crippen LogP contribution in [0.15, 0.2) is 47.5 Å². The topological polar surface area (TPSA) is 59.5 Å². The Morgan fingerprint density at radius 1 is 1.17 bits per heavy atom. The molecule has 0 radical (unpaired) electrons. The normalized spacial score (nSPS) is 19.2. The van der Waals surface area contributed by atoms with Crippen molar-refractivity contribution in [3.8, 4) is 5.88 Å². The van der Waals surface area contributed by atoms with Gasteiger partial charge in [0.2, 0.25) is 15.9 Å². The van der Waals surface area contributed by atoms with Crippen LogP contribution in [0.1, 0.15) is 36.4 Å². The molecule has 0 spiro atoms. The van der Waals surface area contributed by atoms with Crippen LogP contribution in [-0.4, -0.2) is 31.4 Å². The monoisotopic (exact) mass is 346 g/mol. The third-order valence-electron chi connectivity index (χ3n) is 4.43. The van der Waals surface area contributed by atoms with Crippen LogP contribution in [0.25, 0.3) is 0 Å². The largest absolute Gasteiger partial charge is 0.481 e. The van der Waals surface area contributed by atoms with Gasteiger partial charge in [0.1, 0.15) is 0 Å². The molecule has 0 aliphatic carbocycles. The molecule has 128 valence electrons. The predicted molar refractivity (Wildman–Crippen MR) is 92.5 cm³/mol. The second-order valence-corrected chi connectivity index (χ2v) is 7.93. The van der Waals surface area contributed by atoms with E-state index >= 15 is 0 Å². The van der Waals surface area contributed by atoms with Crippen LogP contribution in [-0.2, 0) is 10.0 Å². The highest BCUT2D eigenvalue weighted by molar-refractivity contribution is 7.89. The van der Waals surface area contributed by atoms with Gasteiger partial charge in [-0.05, 0) is 38.0 Å². The number of hydrogen-bond donors (Lipinski definition) is 0. The van der Waals surface area contributed by atoms with Crippen LogP contribution in [0, 0.1) is 6.92 Å². The zero-order valence-corrected chi connectivity index (χ0v) is 14.8. The third kappa shape index (κ3) is 3.16. The standard InChI is InChI=1S/C18H22N2O3S/c1-14-8-10-15(11-9-14)24(21,22)20-13-4-3-7-17(20)16-6-5-12-19-18(16)23-2/h5-6,8-12,17H,3-4,7,13H2,1-2H3/t17-/m0/s1. The lowest BCUT2D eigenvalue weighted by molar-refractivity contribution is 0.248.